The van der Waals surface area contributed by atoms with Crippen LogP contribution in [-0.4, -0.2) is 22.6 Å². The second-order valence-corrected chi connectivity index (χ2v) is 8.55. The number of hydrogen-bond donors (Lipinski definition) is 2. The van der Waals surface area contributed by atoms with Crippen LogP contribution in [0.25, 0.3) is 0 Å². The van der Waals surface area contributed by atoms with Gasteiger partial charge in [-0.3, -0.25) is 0 Å². The number of nitrogens with one attached hydrogen (secondary N) is 1. The predicted molar refractivity (Wildman–Crippen MR) is 75.8 cm³/mol. The first-order valence-electron chi connectivity index (χ1n) is 6.35. The molecule has 1 saturated carbocycles. The van der Waals surface area contributed by atoms with Crippen molar-refractivity contribution in [1.29, 1.82) is 0 Å². The Morgan fingerprint density at radius 2 is 1.70 bits per heavy atom. The maximum atomic E-state index is 11.7. The standard InChI is InChI=1S/C12H18N2O4S2/c13-20(17,18)12-5-3-11(4-6-12)9-14-19(15,16)8-7-10-1-2-10/h3-6,10,14H,1-2,7-9H2,(H2,13,17,18). The molecule has 0 unspecified atom stereocenters. The van der Waals surface area contributed by atoms with E-state index < -0.39 is 20.0 Å². The van der Waals surface area contributed by atoms with E-state index in [9.17, 15) is 16.8 Å². The van der Waals surface area contributed by atoms with Gasteiger partial charge in [0, 0.05) is 6.54 Å². The summed E-state index contributed by atoms with van der Waals surface area (Å²) in [5.74, 6) is 0.716. The zero-order chi connectivity index (χ0) is 14.8. The van der Waals surface area contributed by atoms with Crippen LogP contribution in [0.4, 0.5) is 0 Å². The van der Waals surface area contributed by atoms with Crippen LogP contribution in [0.15, 0.2) is 29.2 Å². The zero-order valence-electron chi connectivity index (χ0n) is 10.9. The molecule has 0 heterocycles. The van der Waals surface area contributed by atoms with Gasteiger partial charge in [-0.05, 0) is 30.0 Å². The molecule has 1 aromatic rings. The lowest BCUT2D eigenvalue weighted by Crippen LogP contribution is -2.26. The Morgan fingerprint density at radius 3 is 2.20 bits per heavy atom. The Bertz CT molecular complexity index is 662. The van der Waals surface area contributed by atoms with Crippen LogP contribution in [-0.2, 0) is 26.6 Å². The fourth-order valence-corrected chi connectivity index (χ4v) is 3.48. The number of rotatable bonds is 7. The molecule has 1 fully saturated rings. The Hall–Kier alpha value is -0.960. The highest BCUT2D eigenvalue weighted by Crippen LogP contribution is 2.32. The Kier molecular flexibility index (Phi) is 4.48. The molecule has 0 amide bonds. The van der Waals surface area contributed by atoms with Gasteiger partial charge in [0.25, 0.3) is 0 Å². The quantitative estimate of drug-likeness (QED) is 0.765. The summed E-state index contributed by atoms with van der Waals surface area (Å²) < 4.78 is 48.1. The van der Waals surface area contributed by atoms with Crippen molar-refractivity contribution in [3.63, 3.8) is 0 Å². The van der Waals surface area contributed by atoms with E-state index in [1.165, 1.54) is 12.1 Å². The van der Waals surface area contributed by atoms with Gasteiger partial charge in [-0.25, -0.2) is 26.7 Å². The fourth-order valence-electron chi connectivity index (χ4n) is 1.79. The lowest BCUT2D eigenvalue weighted by Gasteiger charge is -2.07. The van der Waals surface area contributed by atoms with Gasteiger partial charge in [0.15, 0.2) is 0 Å². The molecular weight excluding hydrogens is 300 g/mol. The topological polar surface area (TPSA) is 106 Å². The second-order valence-electron chi connectivity index (χ2n) is 5.06. The summed E-state index contributed by atoms with van der Waals surface area (Å²) in [7, 11) is -6.98. The lowest BCUT2D eigenvalue weighted by molar-refractivity contribution is 0.575. The molecule has 20 heavy (non-hydrogen) atoms. The van der Waals surface area contributed by atoms with Crippen LogP contribution < -0.4 is 9.86 Å². The third-order valence-electron chi connectivity index (χ3n) is 3.24. The van der Waals surface area contributed by atoms with Crippen LogP contribution in [0.1, 0.15) is 24.8 Å². The second kappa shape index (κ2) is 5.80. The molecule has 1 aliphatic carbocycles. The normalized spacial score (nSPS) is 16.2. The largest absolute Gasteiger partial charge is 0.238 e. The minimum atomic E-state index is -3.71. The average molecular weight is 318 g/mol. The molecule has 112 valence electrons. The Morgan fingerprint density at radius 1 is 1.10 bits per heavy atom. The third-order valence-corrected chi connectivity index (χ3v) is 5.53. The van der Waals surface area contributed by atoms with Gasteiger partial charge in [0.2, 0.25) is 20.0 Å². The van der Waals surface area contributed by atoms with E-state index >= 15 is 0 Å². The molecular formula is C12H18N2O4S2. The number of sulfonamides is 2. The molecule has 6 nitrogen and oxygen atoms in total. The van der Waals surface area contributed by atoms with E-state index in [0.29, 0.717) is 17.9 Å². The van der Waals surface area contributed by atoms with Gasteiger partial charge < -0.3 is 0 Å². The molecule has 2 rings (SSSR count). The molecule has 0 aliphatic heterocycles. The summed E-state index contributed by atoms with van der Waals surface area (Å²) in [6, 6.07) is 5.82. The SMILES string of the molecule is NS(=O)(=O)c1ccc(CNS(=O)(=O)CCC2CC2)cc1. The van der Waals surface area contributed by atoms with E-state index in [0.717, 1.165) is 12.8 Å². The molecule has 0 bridgehead atoms. The minimum Gasteiger partial charge on any atom is -0.225 e. The fraction of sp³-hybridized carbons (Fsp3) is 0.500. The van der Waals surface area contributed by atoms with E-state index in [4.69, 9.17) is 5.14 Å². The highest BCUT2D eigenvalue weighted by atomic mass is 32.2. The van der Waals surface area contributed by atoms with Crippen molar-refractivity contribution >= 4 is 20.0 Å². The van der Waals surface area contributed by atoms with Crippen molar-refractivity contribution in [2.45, 2.75) is 30.7 Å². The first-order valence-corrected chi connectivity index (χ1v) is 9.55. The minimum absolute atomic E-state index is 0.0119. The van der Waals surface area contributed by atoms with Crippen molar-refractivity contribution in [3.05, 3.63) is 29.8 Å². The molecule has 0 aromatic heterocycles. The number of nitrogens with two attached hydrogens (primary N) is 1. The summed E-state index contributed by atoms with van der Waals surface area (Å²) in [6.45, 7) is 0.151. The van der Waals surface area contributed by atoms with Crippen molar-refractivity contribution in [1.82, 2.24) is 4.72 Å². The summed E-state index contributed by atoms with van der Waals surface area (Å²) in [4.78, 5) is 0.0119. The van der Waals surface area contributed by atoms with E-state index in [1.54, 1.807) is 12.1 Å². The third kappa shape index (κ3) is 4.86. The van der Waals surface area contributed by atoms with Crippen LogP contribution in [0.5, 0.6) is 0 Å². The zero-order valence-corrected chi connectivity index (χ0v) is 12.6. The first kappa shape index (κ1) is 15.4. The molecule has 0 atom stereocenters. The number of hydrogen-bond acceptors (Lipinski definition) is 4. The van der Waals surface area contributed by atoms with Gasteiger partial charge in [-0.15, -0.1) is 0 Å². The molecule has 0 radical (unpaired) electrons. The van der Waals surface area contributed by atoms with E-state index in [2.05, 4.69) is 4.72 Å². The summed E-state index contributed by atoms with van der Waals surface area (Å²) in [5, 5.41) is 4.98. The summed E-state index contributed by atoms with van der Waals surface area (Å²) >= 11 is 0. The molecule has 1 aromatic carbocycles. The maximum absolute atomic E-state index is 11.7. The molecule has 0 spiro atoms. The van der Waals surface area contributed by atoms with Gasteiger partial charge >= 0.3 is 0 Å². The van der Waals surface area contributed by atoms with Crippen LogP contribution in [0, 0.1) is 5.92 Å². The average Bonchev–Trinajstić information content (AvgIpc) is 3.18. The monoisotopic (exact) mass is 318 g/mol. The van der Waals surface area contributed by atoms with Gasteiger partial charge in [0.1, 0.15) is 0 Å². The van der Waals surface area contributed by atoms with Gasteiger partial charge in [-0.1, -0.05) is 25.0 Å². The number of benzene rings is 1. The Balaban J connectivity index is 1.89. The van der Waals surface area contributed by atoms with Crippen molar-refractivity contribution < 1.29 is 16.8 Å². The predicted octanol–water partition coefficient (Wildman–Crippen LogP) is 0.553. The van der Waals surface area contributed by atoms with Gasteiger partial charge in [0.05, 0.1) is 10.6 Å². The van der Waals surface area contributed by atoms with E-state index in [1.807, 2.05) is 0 Å². The highest BCUT2D eigenvalue weighted by Gasteiger charge is 2.23. The van der Waals surface area contributed by atoms with Crippen LogP contribution in [0.3, 0.4) is 0 Å². The molecule has 0 saturated heterocycles. The number of primary sulfonamides is 1. The molecule has 3 N–H and O–H groups in total. The highest BCUT2D eigenvalue weighted by molar-refractivity contribution is 7.89. The summed E-state index contributed by atoms with van der Waals surface area (Å²) in [5.41, 5.74) is 0.687. The van der Waals surface area contributed by atoms with E-state index in [-0.39, 0.29) is 17.2 Å². The first-order chi connectivity index (χ1) is 9.26. The summed E-state index contributed by atoms with van der Waals surface area (Å²) in [6.07, 6.45) is 2.97. The Labute approximate surface area is 119 Å². The smallest absolute Gasteiger partial charge is 0.225 e. The lowest BCUT2D eigenvalue weighted by atomic mass is 10.2. The maximum Gasteiger partial charge on any atom is 0.238 e. The van der Waals surface area contributed by atoms with Crippen LogP contribution >= 0.6 is 0 Å². The molecule has 8 heteroatoms. The van der Waals surface area contributed by atoms with Crippen LogP contribution in [0.2, 0.25) is 0 Å². The van der Waals surface area contributed by atoms with Crippen molar-refractivity contribution in [2.24, 2.45) is 11.1 Å². The molecule has 1 aliphatic rings. The van der Waals surface area contributed by atoms with Crippen molar-refractivity contribution in [3.8, 4) is 0 Å². The van der Waals surface area contributed by atoms with Gasteiger partial charge in [-0.2, -0.15) is 0 Å². The van der Waals surface area contributed by atoms with Crippen molar-refractivity contribution in [2.75, 3.05) is 5.75 Å².